The van der Waals surface area contributed by atoms with Crippen LogP contribution in [0.15, 0.2) is 0 Å². The molecule has 0 rings (SSSR count). The molecule has 0 bridgehead atoms. The van der Waals surface area contributed by atoms with Gasteiger partial charge in [-0.25, -0.2) is 0 Å². The van der Waals surface area contributed by atoms with Crippen molar-refractivity contribution in [3.63, 3.8) is 0 Å². The normalized spacial score (nSPS) is 12.3. The molecule has 0 saturated heterocycles. The van der Waals surface area contributed by atoms with E-state index in [0.29, 0.717) is 6.61 Å². The number of carbonyl (C=O) groups is 2. The molecule has 3 nitrogen and oxygen atoms in total. The molecule has 0 aliphatic heterocycles. The van der Waals surface area contributed by atoms with Gasteiger partial charge in [-0.15, -0.1) is 0 Å². The Morgan fingerprint density at radius 1 is 1.55 bits per heavy atom. The number of esters is 1. The molecular weight excluding hydrogens is 168 g/mol. The van der Waals surface area contributed by atoms with Crippen LogP contribution in [-0.4, -0.2) is 17.8 Å². The first kappa shape index (κ1) is 10.4. The maximum atomic E-state index is 10.8. The van der Waals surface area contributed by atoms with Crippen molar-refractivity contribution in [2.75, 3.05) is 6.61 Å². The number of rotatable bonds is 4. The van der Waals surface area contributed by atoms with Gasteiger partial charge in [-0.05, 0) is 18.5 Å². The molecule has 0 unspecified atom stereocenters. The molecule has 64 valence electrons. The summed E-state index contributed by atoms with van der Waals surface area (Å²) in [6, 6.07) is 0. The largest absolute Gasteiger partial charge is 0.466 e. The number of hydrogen-bond donors (Lipinski definition) is 0. The standard InChI is InChI=1S/C7H11ClO3/c1-3-11-7(10)5(2)4-6(8)9/h5H,3-4H2,1-2H3/t5-/m1/s1. The lowest BCUT2D eigenvalue weighted by Crippen LogP contribution is -2.16. The van der Waals surface area contributed by atoms with Crippen molar-refractivity contribution in [2.24, 2.45) is 5.92 Å². The molecule has 1 atom stereocenters. The van der Waals surface area contributed by atoms with Gasteiger partial charge in [0.1, 0.15) is 0 Å². The Balaban J connectivity index is 3.73. The molecule has 11 heavy (non-hydrogen) atoms. The van der Waals surface area contributed by atoms with E-state index in [9.17, 15) is 9.59 Å². The van der Waals surface area contributed by atoms with Gasteiger partial charge in [0.15, 0.2) is 0 Å². The van der Waals surface area contributed by atoms with Crippen LogP contribution in [0.1, 0.15) is 20.3 Å². The van der Waals surface area contributed by atoms with Crippen molar-refractivity contribution in [1.82, 2.24) is 0 Å². The van der Waals surface area contributed by atoms with Crippen LogP contribution in [0.3, 0.4) is 0 Å². The summed E-state index contributed by atoms with van der Waals surface area (Å²) in [5.41, 5.74) is 0. The summed E-state index contributed by atoms with van der Waals surface area (Å²) in [6.45, 7) is 3.66. The van der Waals surface area contributed by atoms with Crippen molar-refractivity contribution in [1.29, 1.82) is 0 Å². The zero-order valence-electron chi connectivity index (χ0n) is 6.59. The third-order valence-electron chi connectivity index (χ3n) is 1.16. The molecule has 0 aliphatic rings. The Hall–Kier alpha value is -0.570. The third-order valence-corrected chi connectivity index (χ3v) is 1.31. The fraction of sp³-hybridized carbons (Fsp3) is 0.714. The van der Waals surface area contributed by atoms with Crippen LogP contribution in [0, 0.1) is 5.92 Å². The number of ether oxygens (including phenoxy) is 1. The molecule has 0 aromatic heterocycles. The maximum Gasteiger partial charge on any atom is 0.309 e. The van der Waals surface area contributed by atoms with E-state index in [0.717, 1.165) is 0 Å². The fourth-order valence-electron chi connectivity index (χ4n) is 0.609. The molecule has 0 saturated carbocycles. The van der Waals surface area contributed by atoms with Crippen molar-refractivity contribution < 1.29 is 14.3 Å². The molecule has 0 aromatic carbocycles. The van der Waals surface area contributed by atoms with Gasteiger partial charge < -0.3 is 4.74 Å². The molecular formula is C7H11ClO3. The van der Waals surface area contributed by atoms with Gasteiger partial charge >= 0.3 is 5.97 Å². The van der Waals surface area contributed by atoms with E-state index in [1.54, 1.807) is 13.8 Å². The highest BCUT2D eigenvalue weighted by Gasteiger charge is 2.16. The van der Waals surface area contributed by atoms with Gasteiger partial charge in [0, 0.05) is 6.42 Å². The van der Waals surface area contributed by atoms with Gasteiger partial charge in [-0.3, -0.25) is 9.59 Å². The summed E-state index contributed by atoms with van der Waals surface area (Å²) >= 11 is 5.07. The molecule has 0 N–H and O–H groups in total. The van der Waals surface area contributed by atoms with Crippen molar-refractivity contribution >= 4 is 22.8 Å². The molecule has 0 heterocycles. The Labute approximate surface area is 70.7 Å². The number of carbonyl (C=O) groups excluding carboxylic acids is 2. The van der Waals surface area contributed by atoms with Crippen LogP contribution in [-0.2, 0) is 14.3 Å². The van der Waals surface area contributed by atoms with Gasteiger partial charge in [-0.2, -0.15) is 0 Å². The summed E-state index contributed by atoms with van der Waals surface area (Å²) < 4.78 is 4.65. The average Bonchev–Trinajstić information content (AvgIpc) is 1.86. The van der Waals surface area contributed by atoms with Crippen LogP contribution in [0.25, 0.3) is 0 Å². The predicted octanol–water partition coefficient (Wildman–Crippen LogP) is 1.34. The Morgan fingerprint density at radius 3 is 2.45 bits per heavy atom. The first-order chi connectivity index (χ1) is 5.07. The minimum atomic E-state index is -0.509. The van der Waals surface area contributed by atoms with E-state index >= 15 is 0 Å². The molecule has 0 amide bonds. The summed E-state index contributed by atoms with van der Waals surface area (Å²) in [6.07, 6.45) is 0.0421. The second-order valence-electron chi connectivity index (χ2n) is 2.21. The lowest BCUT2D eigenvalue weighted by atomic mass is 10.1. The molecule has 0 spiro atoms. The highest BCUT2D eigenvalue weighted by atomic mass is 35.5. The fourth-order valence-corrected chi connectivity index (χ4v) is 0.840. The van der Waals surface area contributed by atoms with Crippen molar-refractivity contribution in [3.8, 4) is 0 Å². The van der Waals surface area contributed by atoms with E-state index in [4.69, 9.17) is 11.6 Å². The first-order valence-corrected chi connectivity index (χ1v) is 3.80. The molecule has 0 aromatic rings. The van der Waals surface area contributed by atoms with Crippen molar-refractivity contribution in [2.45, 2.75) is 20.3 Å². The second kappa shape index (κ2) is 5.13. The lowest BCUT2D eigenvalue weighted by Gasteiger charge is -2.06. The number of hydrogen-bond acceptors (Lipinski definition) is 3. The Bertz CT molecular complexity index is 156. The molecule has 0 radical (unpaired) electrons. The smallest absolute Gasteiger partial charge is 0.309 e. The molecule has 4 heteroatoms. The van der Waals surface area contributed by atoms with Crippen LogP contribution in [0.4, 0.5) is 0 Å². The Morgan fingerprint density at radius 2 is 2.09 bits per heavy atom. The van der Waals surface area contributed by atoms with E-state index in [1.165, 1.54) is 0 Å². The SMILES string of the molecule is CCOC(=O)[C@H](C)CC(=O)Cl. The third kappa shape index (κ3) is 4.79. The van der Waals surface area contributed by atoms with Gasteiger partial charge in [0.25, 0.3) is 0 Å². The first-order valence-electron chi connectivity index (χ1n) is 3.42. The van der Waals surface area contributed by atoms with Crippen LogP contribution >= 0.6 is 11.6 Å². The predicted molar refractivity (Wildman–Crippen MR) is 41.3 cm³/mol. The monoisotopic (exact) mass is 178 g/mol. The van der Waals surface area contributed by atoms with Gasteiger partial charge in [0.05, 0.1) is 12.5 Å². The lowest BCUT2D eigenvalue weighted by molar-refractivity contribution is -0.148. The summed E-state index contributed by atoms with van der Waals surface area (Å²) in [5.74, 6) is -0.804. The average molecular weight is 179 g/mol. The van der Waals surface area contributed by atoms with E-state index in [-0.39, 0.29) is 12.4 Å². The van der Waals surface area contributed by atoms with E-state index in [2.05, 4.69) is 4.74 Å². The molecule has 0 aliphatic carbocycles. The summed E-state index contributed by atoms with van der Waals surface area (Å²) in [4.78, 5) is 21.2. The quantitative estimate of drug-likeness (QED) is 0.482. The van der Waals surface area contributed by atoms with Gasteiger partial charge in [-0.1, -0.05) is 6.92 Å². The van der Waals surface area contributed by atoms with Crippen LogP contribution in [0.5, 0.6) is 0 Å². The second-order valence-corrected chi connectivity index (χ2v) is 2.63. The van der Waals surface area contributed by atoms with Crippen LogP contribution in [0.2, 0.25) is 0 Å². The molecule has 0 fully saturated rings. The topological polar surface area (TPSA) is 43.4 Å². The highest BCUT2D eigenvalue weighted by molar-refractivity contribution is 6.63. The highest BCUT2D eigenvalue weighted by Crippen LogP contribution is 2.06. The minimum Gasteiger partial charge on any atom is -0.466 e. The maximum absolute atomic E-state index is 10.8. The zero-order valence-corrected chi connectivity index (χ0v) is 7.35. The van der Waals surface area contributed by atoms with Gasteiger partial charge in [0.2, 0.25) is 5.24 Å². The summed E-state index contributed by atoms with van der Waals surface area (Å²) in [5, 5.41) is -0.509. The van der Waals surface area contributed by atoms with Crippen LogP contribution < -0.4 is 0 Å². The minimum absolute atomic E-state index is 0.0421. The number of halogens is 1. The Kier molecular flexibility index (Phi) is 4.86. The van der Waals surface area contributed by atoms with E-state index in [1.807, 2.05) is 0 Å². The van der Waals surface area contributed by atoms with E-state index < -0.39 is 11.2 Å². The zero-order chi connectivity index (χ0) is 8.85. The summed E-state index contributed by atoms with van der Waals surface area (Å²) in [7, 11) is 0. The van der Waals surface area contributed by atoms with Crippen molar-refractivity contribution in [3.05, 3.63) is 0 Å².